The second-order valence-electron chi connectivity index (χ2n) is 8.73. The highest BCUT2D eigenvalue weighted by molar-refractivity contribution is 5.71. The Morgan fingerprint density at radius 2 is 1.81 bits per heavy atom. The van der Waals surface area contributed by atoms with E-state index in [1.54, 1.807) is 37.3 Å². The Morgan fingerprint density at radius 3 is 2.39 bits per heavy atom. The van der Waals surface area contributed by atoms with Gasteiger partial charge in [0.1, 0.15) is 5.75 Å². The van der Waals surface area contributed by atoms with Gasteiger partial charge in [0.05, 0.1) is 25.7 Å². The molecule has 0 bridgehead atoms. The first-order valence-corrected chi connectivity index (χ1v) is 11.5. The lowest BCUT2D eigenvalue weighted by molar-refractivity contribution is -0.145. The lowest BCUT2D eigenvalue weighted by Crippen LogP contribution is -2.44. The van der Waals surface area contributed by atoms with E-state index in [9.17, 15) is 14.4 Å². The number of nitrogens with one attached hydrogen (secondary N) is 1. The van der Waals surface area contributed by atoms with Crippen LogP contribution in [-0.2, 0) is 22.6 Å². The SMILES string of the molecule is C#Cc1ccc(Cn2c(Nc3ccc(OC(C)C)c(C)c3)nc(=O)n(C[C@H](C)C(=O)OC)c2=O)cc1. The Bertz CT molecular complexity index is 1400. The summed E-state index contributed by atoms with van der Waals surface area (Å²) in [5, 5.41) is 3.09. The predicted octanol–water partition coefficient (Wildman–Crippen LogP) is 3.08. The van der Waals surface area contributed by atoms with Crippen molar-refractivity contribution >= 4 is 17.6 Å². The number of hydrogen-bond acceptors (Lipinski definition) is 7. The number of carbonyl (C=O) groups excluding carboxylic acids is 1. The lowest BCUT2D eigenvalue weighted by atomic mass is 10.1. The third-order valence-electron chi connectivity index (χ3n) is 5.46. The summed E-state index contributed by atoms with van der Waals surface area (Å²) < 4.78 is 12.8. The Morgan fingerprint density at radius 1 is 1.11 bits per heavy atom. The van der Waals surface area contributed by atoms with Crippen molar-refractivity contribution in [3.05, 3.63) is 80.1 Å². The van der Waals surface area contributed by atoms with Gasteiger partial charge in [-0.1, -0.05) is 25.0 Å². The average molecular weight is 491 g/mol. The molecule has 1 aromatic heterocycles. The summed E-state index contributed by atoms with van der Waals surface area (Å²) in [5.74, 6) is 2.13. The van der Waals surface area contributed by atoms with Crippen LogP contribution in [0.25, 0.3) is 0 Å². The molecule has 0 aliphatic rings. The minimum Gasteiger partial charge on any atom is -0.491 e. The third-order valence-corrected chi connectivity index (χ3v) is 5.46. The molecule has 3 rings (SSSR count). The molecular formula is C27H30N4O5. The van der Waals surface area contributed by atoms with E-state index in [-0.39, 0.29) is 25.1 Å². The molecule has 0 radical (unpaired) electrons. The molecule has 1 atom stereocenters. The highest BCUT2D eigenvalue weighted by atomic mass is 16.5. The first kappa shape index (κ1) is 26.3. The van der Waals surface area contributed by atoms with E-state index in [1.165, 1.54) is 11.7 Å². The van der Waals surface area contributed by atoms with E-state index in [2.05, 4.69) is 16.2 Å². The fourth-order valence-electron chi connectivity index (χ4n) is 3.60. The van der Waals surface area contributed by atoms with Gasteiger partial charge < -0.3 is 14.8 Å². The van der Waals surface area contributed by atoms with Crippen molar-refractivity contribution in [2.24, 2.45) is 5.92 Å². The molecule has 2 aromatic carbocycles. The molecule has 1 heterocycles. The van der Waals surface area contributed by atoms with Gasteiger partial charge in [-0.05, 0) is 62.2 Å². The van der Waals surface area contributed by atoms with Gasteiger partial charge in [-0.3, -0.25) is 9.36 Å². The zero-order chi connectivity index (χ0) is 26.4. The average Bonchev–Trinajstić information content (AvgIpc) is 2.85. The van der Waals surface area contributed by atoms with Crippen molar-refractivity contribution in [3.8, 4) is 18.1 Å². The number of ether oxygens (including phenoxy) is 2. The van der Waals surface area contributed by atoms with Gasteiger partial charge in [-0.25, -0.2) is 14.2 Å². The van der Waals surface area contributed by atoms with Crippen LogP contribution >= 0.6 is 0 Å². The van der Waals surface area contributed by atoms with Crippen LogP contribution in [0.1, 0.15) is 37.5 Å². The molecule has 0 amide bonds. The van der Waals surface area contributed by atoms with Crippen LogP contribution in [-0.4, -0.2) is 33.3 Å². The van der Waals surface area contributed by atoms with Gasteiger partial charge >= 0.3 is 17.3 Å². The molecule has 3 aromatic rings. The maximum atomic E-state index is 13.5. The van der Waals surface area contributed by atoms with Crippen LogP contribution in [0, 0.1) is 25.2 Å². The van der Waals surface area contributed by atoms with E-state index in [0.717, 1.165) is 21.4 Å². The van der Waals surface area contributed by atoms with E-state index < -0.39 is 23.3 Å². The van der Waals surface area contributed by atoms with E-state index in [0.29, 0.717) is 11.3 Å². The summed E-state index contributed by atoms with van der Waals surface area (Å²) in [4.78, 5) is 42.3. The molecule has 0 spiro atoms. The number of benzene rings is 2. The Hall–Kier alpha value is -4.32. The molecule has 188 valence electrons. The summed E-state index contributed by atoms with van der Waals surface area (Å²) in [6.07, 6.45) is 5.47. The molecular weight excluding hydrogens is 460 g/mol. The zero-order valence-corrected chi connectivity index (χ0v) is 21.1. The van der Waals surface area contributed by atoms with Crippen LogP contribution in [0.4, 0.5) is 11.6 Å². The summed E-state index contributed by atoms with van der Waals surface area (Å²) in [5.41, 5.74) is 1.63. The van der Waals surface area contributed by atoms with Crippen molar-refractivity contribution in [1.82, 2.24) is 14.1 Å². The third kappa shape index (κ3) is 6.21. The number of aryl methyl sites for hydroxylation is 1. The van der Waals surface area contributed by atoms with Gasteiger partial charge in [0, 0.05) is 17.8 Å². The summed E-state index contributed by atoms with van der Waals surface area (Å²) in [6.45, 7) is 7.34. The number of rotatable bonds is 9. The van der Waals surface area contributed by atoms with Crippen molar-refractivity contribution in [1.29, 1.82) is 0 Å². The smallest absolute Gasteiger partial charge is 0.354 e. The van der Waals surface area contributed by atoms with E-state index in [1.807, 2.05) is 32.9 Å². The minimum absolute atomic E-state index is 0.0233. The topological polar surface area (TPSA) is 104 Å². The number of hydrogen-bond donors (Lipinski definition) is 1. The summed E-state index contributed by atoms with van der Waals surface area (Å²) >= 11 is 0. The first-order chi connectivity index (χ1) is 17.1. The fourth-order valence-corrected chi connectivity index (χ4v) is 3.60. The highest BCUT2D eigenvalue weighted by Gasteiger charge is 2.20. The van der Waals surface area contributed by atoms with Crippen molar-refractivity contribution in [2.75, 3.05) is 12.4 Å². The van der Waals surface area contributed by atoms with Crippen molar-refractivity contribution < 1.29 is 14.3 Å². The number of esters is 1. The largest absolute Gasteiger partial charge is 0.491 e. The predicted molar refractivity (Wildman–Crippen MR) is 138 cm³/mol. The van der Waals surface area contributed by atoms with Crippen molar-refractivity contribution in [2.45, 2.75) is 46.9 Å². The summed E-state index contributed by atoms with van der Waals surface area (Å²) in [7, 11) is 1.25. The standard InChI is InChI=1S/C27H30N4O5/c1-7-20-8-10-21(11-9-20)16-30-25(28-22-12-13-23(18(4)14-22)36-17(2)3)29-26(33)31(27(30)34)15-19(5)24(32)35-6/h1,8-14,17,19H,15-16H2,2-6H3,(H,28,29,33)/t19-/m0/s1. The number of aromatic nitrogens is 3. The molecule has 0 saturated carbocycles. The van der Waals surface area contributed by atoms with Gasteiger partial charge in [-0.15, -0.1) is 6.42 Å². The van der Waals surface area contributed by atoms with Crippen molar-refractivity contribution in [3.63, 3.8) is 0 Å². The number of carbonyl (C=O) groups is 1. The molecule has 0 unspecified atom stereocenters. The Balaban J connectivity index is 2.05. The second-order valence-corrected chi connectivity index (χ2v) is 8.73. The zero-order valence-electron chi connectivity index (χ0n) is 21.1. The molecule has 0 aliphatic heterocycles. The number of terminal acetylenes is 1. The molecule has 36 heavy (non-hydrogen) atoms. The van der Waals surface area contributed by atoms with Gasteiger partial charge in [0.15, 0.2) is 0 Å². The summed E-state index contributed by atoms with van der Waals surface area (Å²) in [6, 6.07) is 12.6. The van der Waals surface area contributed by atoms with E-state index in [4.69, 9.17) is 15.9 Å². The monoisotopic (exact) mass is 490 g/mol. The van der Waals surface area contributed by atoms with Crippen LogP contribution in [0.5, 0.6) is 5.75 Å². The van der Waals surface area contributed by atoms with Crippen LogP contribution in [0.2, 0.25) is 0 Å². The van der Waals surface area contributed by atoms with Crippen LogP contribution in [0.15, 0.2) is 52.1 Å². The van der Waals surface area contributed by atoms with Crippen LogP contribution in [0.3, 0.4) is 0 Å². The number of nitrogens with zero attached hydrogens (tertiary/aromatic N) is 3. The minimum atomic E-state index is -0.770. The highest BCUT2D eigenvalue weighted by Crippen LogP contribution is 2.24. The maximum Gasteiger partial charge on any atom is 0.354 e. The molecule has 9 nitrogen and oxygen atoms in total. The van der Waals surface area contributed by atoms with Crippen LogP contribution < -0.4 is 21.4 Å². The number of methoxy groups -OCH3 is 1. The molecule has 0 fully saturated rings. The van der Waals surface area contributed by atoms with Gasteiger partial charge in [0.2, 0.25) is 5.95 Å². The normalized spacial score (nSPS) is 11.6. The van der Waals surface area contributed by atoms with Gasteiger partial charge in [-0.2, -0.15) is 4.98 Å². The fraction of sp³-hybridized carbons (Fsp3) is 0.333. The first-order valence-electron chi connectivity index (χ1n) is 11.5. The lowest BCUT2D eigenvalue weighted by Gasteiger charge is -2.18. The number of anilines is 2. The molecule has 0 saturated heterocycles. The Labute approximate surface area is 209 Å². The quantitative estimate of drug-likeness (QED) is 0.363. The maximum absolute atomic E-state index is 13.5. The Kier molecular flexibility index (Phi) is 8.33. The molecule has 1 N–H and O–H groups in total. The van der Waals surface area contributed by atoms with Gasteiger partial charge in [0.25, 0.3) is 0 Å². The molecule has 0 aliphatic carbocycles. The second kappa shape index (κ2) is 11.4. The molecule has 9 heteroatoms. The van der Waals surface area contributed by atoms with E-state index >= 15 is 0 Å².